The van der Waals surface area contributed by atoms with Crippen LogP contribution >= 0.6 is 27.5 Å². The highest BCUT2D eigenvalue weighted by Gasteiger charge is 2.10. The SMILES string of the molecule is CCCNC(=O)c1cccc(Br)c1Cl. The number of hydrogen-bond donors (Lipinski definition) is 1. The molecule has 1 amide bonds. The van der Waals surface area contributed by atoms with Crippen molar-refractivity contribution in [3.8, 4) is 0 Å². The summed E-state index contributed by atoms with van der Waals surface area (Å²) in [5, 5.41) is 3.23. The molecule has 0 heterocycles. The van der Waals surface area contributed by atoms with Crippen LogP contribution in [0.15, 0.2) is 22.7 Å². The molecule has 0 fully saturated rings. The topological polar surface area (TPSA) is 29.1 Å². The van der Waals surface area contributed by atoms with Gasteiger partial charge in [-0.3, -0.25) is 4.79 Å². The van der Waals surface area contributed by atoms with E-state index in [1.807, 2.05) is 6.92 Å². The van der Waals surface area contributed by atoms with Crippen molar-refractivity contribution >= 4 is 33.4 Å². The molecule has 0 aromatic heterocycles. The summed E-state index contributed by atoms with van der Waals surface area (Å²) in [6.07, 6.45) is 0.914. The monoisotopic (exact) mass is 275 g/mol. The third-order valence-corrected chi connectivity index (χ3v) is 3.03. The van der Waals surface area contributed by atoms with Crippen LogP contribution in [0.1, 0.15) is 23.7 Å². The van der Waals surface area contributed by atoms with E-state index in [0.717, 1.165) is 10.9 Å². The Hall–Kier alpha value is -0.540. The second-order valence-electron chi connectivity index (χ2n) is 2.86. The zero-order valence-corrected chi connectivity index (χ0v) is 10.2. The Morgan fingerprint density at radius 3 is 2.93 bits per heavy atom. The van der Waals surface area contributed by atoms with Gasteiger partial charge >= 0.3 is 0 Å². The largest absolute Gasteiger partial charge is 0.352 e. The predicted molar refractivity (Wildman–Crippen MR) is 61.8 cm³/mol. The fourth-order valence-corrected chi connectivity index (χ4v) is 1.59. The van der Waals surface area contributed by atoms with Crippen molar-refractivity contribution in [2.75, 3.05) is 6.54 Å². The fraction of sp³-hybridized carbons (Fsp3) is 0.300. The van der Waals surface area contributed by atoms with Crippen molar-refractivity contribution < 1.29 is 4.79 Å². The highest BCUT2D eigenvalue weighted by Crippen LogP contribution is 2.25. The molecule has 76 valence electrons. The van der Waals surface area contributed by atoms with Gasteiger partial charge in [-0.25, -0.2) is 0 Å². The highest BCUT2D eigenvalue weighted by molar-refractivity contribution is 9.10. The van der Waals surface area contributed by atoms with Crippen LogP contribution in [0.25, 0.3) is 0 Å². The summed E-state index contributed by atoms with van der Waals surface area (Å²) in [6.45, 7) is 2.67. The van der Waals surface area contributed by atoms with Crippen molar-refractivity contribution in [1.29, 1.82) is 0 Å². The number of nitrogens with one attached hydrogen (secondary N) is 1. The average molecular weight is 277 g/mol. The second-order valence-corrected chi connectivity index (χ2v) is 4.09. The summed E-state index contributed by atoms with van der Waals surface area (Å²) in [5.74, 6) is -0.127. The molecule has 0 unspecified atom stereocenters. The van der Waals surface area contributed by atoms with E-state index in [4.69, 9.17) is 11.6 Å². The van der Waals surface area contributed by atoms with E-state index in [9.17, 15) is 4.79 Å². The Bertz CT molecular complexity index is 341. The molecule has 4 heteroatoms. The molecule has 0 saturated heterocycles. The van der Waals surface area contributed by atoms with Crippen molar-refractivity contribution in [1.82, 2.24) is 5.32 Å². The molecule has 1 aromatic rings. The molecule has 0 bridgehead atoms. The number of carbonyl (C=O) groups is 1. The minimum absolute atomic E-state index is 0.127. The van der Waals surface area contributed by atoms with E-state index < -0.39 is 0 Å². The van der Waals surface area contributed by atoms with Gasteiger partial charge in [0.05, 0.1) is 10.6 Å². The molecule has 0 aliphatic carbocycles. The first-order chi connectivity index (χ1) is 6.66. The first-order valence-electron chi connectivity index (χ1n) is 4.39. The van der Waals surface area contributed by atoms with Gasteiger partial charge in [0, 0.05) is 11.0 Å². The first-order valence-corrected chi connectivity index (χ1v) is 5.56. The second kappa shape index (κ2) is 5.37. The Kier molecular flexibility index (Phi) is 4.42. The minimum atomic E-state index is -0.127. The van der Waals surface area contributed by atoms with E-state index in [2.05, 4.69) is 21.2 Å². The van der Waals surface area contributed by atoms with E-state index in [0.29, 0.717) is 17.1 Å². The Morgan fingerprint density at radius 1 is 1.57 bits per heavy atom. The number of rotatable bonds is 3. The molecule has 0 aliphatic heterocycles. The van der Waals surface area contributed by atoms with Gasteiger partial charge in [0.15, 0.2) is 0 Å². The van der Waals surface area contributed by atoms with Crippen molar-refractivity contribution in [2.45, 2.75) is 13.3 Å². The van der Waals surface area contributed by atoms with Crippen LogP contribution < -0.4 is 5.32 Å². The maximum atomic E-state index is 11.6. The van der Waals surface area contributed by atoms with Crippen LogP contribution in [0.4, 0.5) is 0 Å². The summed E-state index contributed by atoms with van der Waals surface area (Å²) < 4.78 is 0.739. The number of amides is 1. The molecular weight excluding hydrogens is 265 g/mol. The number of hydrogen-bond acceptors (Lipinski definition) is 1. The van der Waals surface area contributed by atoms with Crippen LogP contribution in [0.2, 0.25) is 5.02 Å². The predicted octanol–water partition coefficient (Wildman–Crippen LogP) is 3.24. The quantitative estimate of drug-likeness (QED) is 0.902. The molecule has 2 nitrogen and oxygen atoms in total. The van der Waals surface area contributed by atoms with Gasteiger partial charge in [0.25, 0.3) is 5.91 Å². The smallest absolute Gasteiger partial charge is 0.252 e. The van der Waals surface area contributed by atoms with Crippen LogP contribution in [-0.4, -0.2) is 12.5 Å². The Morgan fingerprint density at radius 2 is 2.29 bits per heavy atom. The van der Waals surface area contributed by atoms with Gasteiger partial charge in [-0.2, -0.15) is 0 Å². The molecule has 0 atom stereocenters. The highest BCUT2D eigenvalue weighted by atomic mass is 79.9. The van der Waals surface area contributed by atoms with Crippen LogP contribution in [0, 0.1) is 0 Å². The molecule has 14 heavy (non-hydrogen) atoms. The van der Waals surface area contributed by atoms with Crippen molar-refractivity contribution in [3.05, 3.63) is 33.3 Å². The number of benzene rings is 1. The average Bonchev–Trinajstić information content (AvgIpc) is 2.18. The number of carbonyl (C=O) groups excluding carboxylic acids is 1. The zero-order valence-electron chi connectivity index (χ0n) is 7.81. The summed E-state index contributed by atoms with van der Waals surface area (Å²) in [4.78, 5) is 11.6. The van der Waals surface area contributed by atoms with E-state index >= 15 is 0 Å². The van der Waals surface area contributed by atoms with E-state index in [1.165, 1.54) is 0 Å². The Labute approximate surface area is 96.8 Å². The Balaban J connectivity index is 2.84. The summed E-state index contributed by atoms with van der Waals surface area (Å²) in [5.41, 5.74) is 0.509. The zero-order chi connectivity index (χ0) is 10.6. The van der Waals surface area contributed by atoms with Gasteiger partial charge < -0.3 is 5.32 Å². The van der Waals surface area contributed by atoms with Crippen molar-refractivity contribution in [2.24, 2.45) is 0 Å². The lowest BCUT2D eigenvalue weighted by atomic mass is 10.2. The van der Waals surface area contributed by atoms with E-state index in [1.54, 1.807) is 18.2 Å². The fourth-order valence-electron chi connectivity index (χ4n) is 1.01. The van der Waals surface area contributed by atoms with Gasteiger partial charge in [-0.05, 0) is 34.5 Å². The molecule has 0 aliphatic rings. The molecule has 0 spiro atoms. The molecular formula is C10H11BrClNO. The van der Waals surface area contributed by atoms with Gasteiger partial charge in [-0.1, -0.05) is 24.6 Å². The first kappa shape index (κ1) is 11.5. The normalized spacial score (nSPS) is 9.93. The van der Waals surface area contributed by atoms with E-state index in [-0.39, 0.29) is 5.91 Å². The maximum absolute atomic E-state index is 11.6. The lowest BCUT2D eigenvalue weighted by molar-refractivity contribution is 0.0954. The van der Waals surface area contributed by atoms with Gasteiger partial charge in [0.1, 0.15) is 0 Å². The van der Waals surface area contributed by atoms with Crippen molar-refractivity contribution in [3.63, 3.8) is 0 Å². The standard InChI is InChI=1S/C10H11BrClNO/c1-2-6-13-10(14)7-4-3-5-8(11)9(7)12/h3-5H,2,6H2,1H3,(H,13,14). The molecule has 1 N–H and O–H groups in total. The third-order valence-electron chi connectivity index (χ3n) is 1.73. The van der Waals surface area contributed by atoms with Gasteiger partial charge in [0.2, 0.25) is 0 Å². The lowest BCUT2D eigenvalue weighted by Crippen LogP contribution is -2.24. The van der Waals surface area contributed by atoms with Crippen LogP contribution in [0.3, 0.4) is 0 Å². The third kappa shape index (κ3) is 2.72. The number of halogens is 2. The van der Waals surface area contributed by atoms with Crippen LogP contribution in [-0.2, 0) is 0 Å². The molecule has 1 aromatic carbocycles. The molecule has 0 radical (unpaired) electrons. The minimum Gasteiger partial charge on any atom is -0.352 e. The summed E-state index contributed by atoms with van der Waals surface area (Å²) >= 11 is 9.23. The molecule has 1 rings (SSSR count). The van der Waals surface area contributed by atoms with Crippen LogP contribution in [0.5, 0.6) is 0 Å². The maximum Gasteiger partial charge on any atom is 0.252 e. The van der Waals surface area contributed by atoms with Gasteiger partial charge in [-0.15, -0.1) is 0 Å². The molecule has 0 saturated carbocycles. The summed E-state index contributed by atoms with van der Waals surface area (Å²) in [7, 11) is 0. The summed E-state index contributed by atoms with van der Waals surface area (Å²) in [6, 6.07) is 5.30. The lowest BCUT2D eigenvalue weighted by Gasteiger charge is -2.06.